The van der Waals surface area contributed by atoms with Crippen molar-refractivity contribution in [3.8, 4) is 28.6 Å². The van der Waals surface area contributed by atoms with Crippen molar-refractivity contribution in [2.24, 2.45) is 0 Å². The molecule has 3 aromatic rings. The van der Waals surface area contributed by atoms with Gasteiger partial charge in [-0.05, 0) is 37.3 Å². The summed E-state index contributed by atoms with van der Waals surface area (Å²) in [5.74, 6) is 1.41. The Morgan fingerprint density at radius 2 is 1.96 bits per heavy atom. The predicted molar refractivity (Wildman–Crippen MR) is 83.0 cm³/mol. The number of nitro groups is 1. The average Bonchev–Trinajstić information content (AvgIpc) is 3.06. The molecule has 0 aliphatic carbocycles. The summed E-state index contributed by atoms with van der Waals surface area (Å²) in [6.45, 7) is 2.51. The first-order chi connectivity index (χ1) is 11.2. The fraction of sp³-hybridized carbons (Fsp3) is 0.125. The zero-order valence-corrected chi connectivity index (χ0v) is 12.3. The Balaban J connectivity index is 1.88. The van der Waals surface area contributed by atoms with Gasteiger partial charge in [0.1, 0.15) is 5.75 Å². The van der Waals surface area contributed by atoms with E-state index in [4.69, 9.17) is 9.26 Å². The first kappa shape index (κ1) is 14.7. The molecule has 0 amide bonds. The van der Waals surface area contributed by atoms with Gasteiger partial charge in [-0.1, -0.05) is 11.2 Å². The molecular formula is C16H13N3O4. The third-order valence-corrected chi connectivity index (χ3v) is 3.15. The zero-order valence-electron chi connectivity index (χ0n) is 12.3. The topological polar surface area (TPSA) is 91.3 Å². The van der Waals surface area contributed by atoms with Gasteiger partial charge in [-0.25, -0.2) is 0 Å². The summed E-state index contributed by atoms with van der Waals surface area (Å²) >= 11 is 0. The molecule has 1 aromatic heterocycles. The van der Waals surface area contributed by atoms with E-state index in [1.54, 1.807) is 12.1 Å². The van der Waals surface area contributed by atoms with E-state index in [1.165, 1.54) is 12.1 Å². The van der Waals surface area contributed by atoms with E-state index >= 15 is 0 Å². The molecule has 23 heavy (non-hydrogen) atoms. The van der Waals surface area contributed by atoms with Crippen molar-refractivity contribution >= 4 is 5.69 Å². The number of benzene rings is 2. The Kier molecular flexibility index (Phi) is 4.01. The molecule has 0 saturated heterocycles. The monoisotopic (exact) mass is 311 g/mol. The van der Waals surface area contributed by atoms with Gasteiger partial charge < -0.3 is 9.26 Å². The predicted octanol–water partition coefficient (Wildman–Crippen LogP) is 3.71. The van der Waals surface area contributed by atoms with Gasteiger partial charge >= 0.3 is 0 Å². The van der Waals surface area contributed by atoms with Gasteiger partial charge in [0.05, 0.1) is 11.5 Å². The van der Waals surface area contributed by atoms with Crippen LogP contribution in [0.15, 0.2) is 53.1 Å². The minimum absolute atomic E-state index is 0.0247. The van der Waals surface area contributed by atoms with E-state index in [0.29, 0.717) is 18.0 Å². The Morgan fingerprint density at radius 3 is 2.65 bits per heavy atom. The molecule has 0 atom stereocenters. The summed E-state index contributed by atoms with van der Waals surface area (Å²) in [4.78, 5) is 14.6. The van der Waals surface area contributed by atoms with Gasteiger partial charge in [0.2, 0.25) is 5.82 Å². The number of nitro benzene ring substituents is 1. The van der Waals surface area contributed by atoms with E-state index in [-0.39, 0.29) is 11.6 Å². The average molecular weight is 311 g/mol. The van der Waals surface area contributed by atoms with Crippen LogP contribution in [-0.2, 0) is 0 Å². The number of nitrogens with zero attached hydrogens (tertiary/aromatic N) is 3. The fourth-order valence-electron chi connectivity index (χ4n) is 2.08. The third kappa shape index (κ3) is 3.18. The first-order valence-electron chi connectivity index (χ1n) is 6.99. The summed E-state index contributed by atoms with van der Waals surface area (Å²) in [6, 6.07) is 13.4. The molecular weight excluding hydrogens is 298 g/mol. The highest BCUT2D eigenvalue weighted by atomic mass is 16.6. The van der Waals surface area contributed by atoms with Gasteiger partial charge in [0.25, 0.3) is 11.6 Å². The Labute approximate surface area is 131 Å². The highest BCUT2D eigenvalue weighted by Crippen LogP contribution is 2.26. The van der Waals surface area contributed by atoms with Crippen molar-refractivity contribution in [2.45, 2.75) is 6.92 Å². The second kappa shape index (κ2) is 6.27. The van der Waals surface area contributed by atoms with Crippen molar-refractivity contribution < 1.29 is 14.2 Å². The molecule has 0 unspecified atom stereocenters. The Morgan fingerprint density at radius 1 is 1.17 bits per heavy atom. The smallest absolute Gasteiger partial charge is 0.270 e. The number of non-ortho nitro benzene ring substituents is 1. The summed E-state index contributed by atoms with van der Waals surface area (Å²) in [5, 5.41) is 14.7. The van der Waals surface area contributed by atoms with Crippen molar-refractivity contribution in [1.29, 1.82) is 0 Å². The lowest BCUT2D eigenvalue weighted by Crippen LogP contribution is -1.91. The number of hydrogen-bond donors (Lipinski definition) is 0. The van der Waals surface area contributed by atoms with Crippen molar-refractivity contribution in [1.82, 2.24) is 10.1 Å². The van der Waals surface area contributed by atoms with Gasteiger partial charge in [-0.2, -0.15) is 4.98 Å². The minimum atomic E-state index is -0.465. The van der Waals surface area contributed by atoms with Crippen molar-refractivity contribution in [2.75, 3.05) is 6.61 Å². The molecule has 1 heterocycles. The van der Waals surface area contributed by atoms with E-state index in [0.717, 1.165) is 11.3 Å². The molecule has 7 nitrogen and oxygen atoms in total. The normalized spacial score (nSPS) is 10.5. The third-order valence-electron chi connectivity index (χ3n) is 3.15. The molecule has 0 bridgehead atoms. The van der Waals surface area contributed by atoms with Gasteiger partial charge in [0.15, 0.2) is 0 Å². The van der Waals surface area contributed by atoms with E-state index in [2.05, 4.69) is 10.1 Å². The second-order valence-electron chi connectivity index (χ2n) is 4.69. The summed E-state index contributed by atoms with van der Waals surface area (Å²) in [6.07, 6.45) is 0. The van der Waals surface area contributed by atoms with Gasteiger partial charge in [0, 0.05) is 23.3 Å². The lowest BCUT2D eigenvalue weighted by molar-refractivity contribution is -0.384. The Hall–Kier alpha value is -3.22. The molecule has 0 spiro atoms. The number of hydrogen-bond acceptors (Lipinski definition) is 6. The van der Waals surface area contributed by atoms with E-state index < -0.39 is 4.92 Å². The van der Waals surface area contributed by atoms with Crippen LogP contribution in [-0.4, -0.2) is 21.7 Å². The van der Waals surface area contributed by atoms with Crippen LogP contribution in [0.1, 0.15) is 6.92 Å². The van der Waals surface area contributed by atoms with Crippen LogP contribution >= 0.6 is 0 Å². The number of aromatic nitrogens is 2. The number of rotatable bonds is 5. The molecule has 116 valence electrons. The van der Waals surface area contributed by atoms with Gasteiger partial charge in [-0.15, -0.1) is 0 Å². The molecule has 7 heteroatoms. The Bertz CT molecular complexity index is 827. The van der Waals surface area contributed by atoms with E-state index in [1.807, 2.05) is 31.2 Å². The van der Waals surface area contributed by atoms with E-state index in [9.17, 15) is 10.1 Å². The van der Waals surface area contributed by atoms with Crippen molar-refractivity contribution in [3.05, 3.63) is 58.6 Å². The summed E-state index contributed by atoms with van der Waals surface area (Å²) < 4.78 is 10.6. The van der Waals surface area contributed by atoms with Crippen LogP contribution in [0.2, 0.25) is 0 Å². The zero-order chi connectivity index (χ0) is 16.2. The summed E-state index contributed by atoms with van der Waals surface area (Å²) in [5.41, 5.74) is 1.25. The molecule has 0 N–H and O–H groups in total. The van der Waals surface area contributed by atoms with Crippen molar-refractivity contribution in [3.63, 3.8) is 0 Å². The van der Waals surface area contributed by atoms with Crippen LogP contribution in [0.5, 0.6) is 5.75 Å². The molecule has 3 rings (SSSR count). The van der Waals surface area contributed by atoms with Crippen LogP contribution < -0.4 is 4.74 Å². The maximum absolute atomic E-state index is 10.8. The highest BCUT2D eigenvalue weighted by molar-refractivity contribution is 5.62. The fourth-order valence-corrected chi connectivity index (χ4v) is 2.08. The maximum atomic E-state index is 10.8. The summed E-state index contributed by atoms with van der Waals surface area (Å²) in [7, 11) is 0. The largest absolute Gasteiger partial charge is 0.494 e. The lowest BCUT2D eigenvalue weighted by Gasteiger charge is -2.02. The van der Waals surface area contributed by atoms with Crippen LogP contribution in [0.25, 0.3) is 22.8 Å². The standard InChI is InChI=1S/C16H13N3O4/c1-2-22-14-8-6-11(7-9-14)15-17-16(23-18-15)12-4-3-5-13(10-12)19(20)21/h3-10H,2H2,1H3. The van der Waals surface area contributed by atoms with Crippen LogP contribution in [0.3, 0.4) is 0 Å². The quantitative estimate of drug-likeness (QED) is 0.527. The number of ether oxygens (including phenoxy) is 1. The van der Waals surface area contributed by atoms with Gasteiger partial charge in [-0.3, -0.25) is 10.1 Å². The molecule has 0 fully saturated rings. The maximum Gasteiger partial charge on any atom is 0.270 e. The molecule has 2 aromatic carbocycles. The molecule has 0 aliphatic rings. The first-order valence-corrected chi connectivity index (χ1v) is 6.99. The molecule has 0 saturated carbocycles. The second-order valence-corrected chi connectivity index (χ2v) is 4.69. The lowest BCUT2D eigenvalue weighted by atomic mass is 10.2. The van der Waals surface area contributed by atoms with Crippen LogP contribution in [0, 0.1) is 10.1 Å². The molecule has 0 radical (unpaired) electrons. The molecule has 0 aliphatic heterocycles. The highest BCUT2D eigenvalue weighted by Gasteiger charge is 2.14. The minimum Gasteiger partial charge on any atom is -0.494 e. The van der Waals surface area contributed by atoms with Crippen LogP contribution in [0.4, 0.5) is 5.69 Å². The SMILES string of the molecule is CCOc1ccc(-c2noc(-c3cccc([N+](=O)[O-])c3)n2)cc1.